The van der Waals surface area contributed by atoms with Gasteiger partial charge in [-0.1, -0.05) is 25.9 Å². The van der Waals surface area contributed by atoms with E-state index in [1.807, 2.05) is 0 Å². The third-order valence-corrected chi connectivity index (χ3v) is 4.64. The van der Waals surface area contributed by atoms with Crippen LogP contribution in [0.15, 0.2) is 40.9 Å². The molecule has 0 saturated heterocycles. The third-order valence-electron chi connectivity index (χ3n) is 4.64. The molecule has 0 saturated carbocycles. The Bertz CT molecular complexity index is 1080. The SMILES string of the molecule is COc1ccc(OC)c(C(=O)COc2ccc(-c3noc(CC(C)(C)C)n3)cc2OC)c1. The van der Waals surface area contributed by atoms with Crippen molar-refractivity contribution in [2.24, 2.45) is 5.41 Å². The summed E-state index contributed by atoms with van der Waals surface area (Å²) in [5.41, 5.74) is 1.14. The van der Waals surface area contributed by atoms with Crippen molar-refractivity contribution in [3.8, 4) is 34.4 Å². The third kappa shape index (κ3) is 5.57. The van der Waals surface area contributed by atoms with E-state index in [9.17, 15) is 4.79 Å². The molecule has 0 aliphatic carbocycles. The fourth-order valence-corrected chi connectivity index (χ4v) is 3.08. The minimum Gasteiger partial charge on any atom is -0.497 e. The Morgan fingerprint density at radius 1 is 0.938 bits per heavy atom. The van der Waals surface area contributed by atoms with Crippen molar-refractivity contribution in [1.29, 1.82) is 0 Å². The van der Waals surface area contributed by atoms with Gasteiger partial charge in [0.05, 0.1) is 26.9 Å². The van der Waals surface area contributed by atoms with Gasteiger partial charge in [0.1, 0.15) is 11.5 Å². The average molecular weight is 440 g/mol. The topological polar surface area (TPSA) is 92.9 Å². The van der Waals surface area contributed by atoms with Crippen molar-refractivity contribution in [1.82, 2.24) is 10.1 Å². The zero-order valence-corrected chi connectivity index (χ0v) is 19.2. The summed E-state index contributed by atoms with van der Waals surface area (Å²) in [6, 6.07) is 10.3. The highest BCUT2D eigenvalue weighted by atomic mass is 16.5. The van der Waals surface area contributed by atoms with Crippen LogP contribution >= 0.6 is 0 Å². The summed E-state index contributed by atoms with van der Waals surface area (Å²) in [5, 5.41) is 4.06. The van der Waals surface area contributed by atoms with Gasteiger partial charge >= 0.3 is 0 Å². The number of rotatable bonds is 9. The number of hydrogen-bond acceptors (Lipinski definition) is 8. The first-order valence-electron chi connectivity index (χ1n) is 10.1. The molecule has 170 valence electrons. The summed E-state index contributed by atoms with van der Waals surface area (Å²) < 4.78 is 27.0. The van der Waals surface area contributed by atoms with Crippen LogP contribution in [-0.4, -0.2) is 43.9 Å². The van der Waals surface area contributed by atoms with Gasteiger partial charge in [0.15, 0.2) is 18.1 Å². The van der Waals surface area contributed by atoms with Crippen LogP contribution in [0.1, 0.15) is 37.0 Å². The fraction of sp³-hybridized carbons (Fsp3) is 0.375. The molecule has 0 aliphatic rings. The summed E-state index contributed by atoms with van der Waals surface area (Å²) in [6.45, 7) is 6.12. The van der Waals surface area contributed by atoms with Crippen molar-refractivity contribution in [3.05, 3.63) is 47.9 Å². The molecule has 32 heavy (non-hydrogen) atoms. The Labute approximate surface area is 187 Å². The van der Waals surface area contributed by atoms with Crippen LogP contribution in [0.2, 0.25) is 0 Å². The smallest absolute Gasteiger partial charge is 0.227 e. The molecule has 3 aromatic rings. The average Bonchev–Trinajstić information content (AvgIpc) is 3.23. The molecule has 0 radical (unpaired) electrons. The number of carbonyl (C=O) groups excluding carboxylic acids is 1. The lowest BCUT2D eigenvalue weighted by atomic mass is 9.92. The molecule has 3 rings (SSSR count). The molecule has 8 heteroatoms. The standard InChI is InChI=1S/C24H28N2O6/c1-24(2,3)13-22-25-23(26-32-22)15-7-9-20(21(11-15)30-6)31-14-18(27)17-12-16(28-4)8-10-19(17)29-5/h7-12H,13-14H2,1-6H3. The number of hydrogen-bond donors (Lipinski definition) is 0. The second kappa shape index (κ2) is 9.72. The Hall–Kier alpha value is -3.55. The number of benzene rings is 2. The van der Waals surface area contributed by atoms with Gasteiger partial charge in [0, 0.05) is 12.0 Å². The first-order chi connectivity index (χ1) is 15.2. The quantitative estimate of drug-likeness (QED) is 0.445. The van der Waals surface area contributed by atoms with Crippen LogP contribution in [0.25, 0.3) is 11.4 Å². The summed E-state index contributed by atoms with van der Waals surface area (Å²) in [5.74, 6) is 2.67. The van der Waals surface area contributed by atoms with E-state index in [0.717, 1.165) is 5.56 Å². The van der Waals surface area contributed by atoms with E-state index in [0.29, 0.717) is 46.7 Å². The number of Topliss-reactive ketones (excluding diaryl/α,β-unsaturated/α-hetero) is 1. The monoisotopic (exact) mass is 440 g/mol. The van der Waals surface area contributed by atoms with Crippen LogP contribution in [0, 0.1) is 5.41 Å². The molecular weight excluding hydrogens is 412 g/mol. The maximum Gasteiger partial charge on any atom is 0.227 e. The molecule has 0 bridgehead atoms. The number of ketones is 1. The van der Waals surface area contributed by atoms with Gasteiger partial charge in [-0.25, -0.2) is 0 Å². The summed E-state index contributed by atoms with van der Waals surface area (Å²) >= 11 is 0. The van der Waals surface area contributed by atoms with Crippen molar-refractivity contribution in [2.45, 2.75) is 27.2 Å². The maximum absolute atomic E-state index is 12.7. The second-order valence-corrected chi connectivity index (χ2v) is 8.39. The lowest BCUT2D eigenvalue weighted by Crippen LogP contribution is -2.13. The highest BCUT2D eigenvalue weighted by Gasteiger charge is 2.19. The highest BCUT2D eigenvalue weighted by Crippen LogP contribution is 2.32. The lowest BCUT2D eigenvalue weighted by molar-refractivity contribution is 0.0916. The zero-order valence-electron chi connectivity index (χ0n) is 19.2. The van der Waals surface area contributed by atoms with Gasteiger partial charge in [0.25, 0.3) is 0 Å². The zero-order chi connectivity index (χ0) is 23.3. The van der Waals surface area contributed by atoms with Crippen molar-refractivity contribution in [3.63, 3.8) is 0 Å². The molecule has 0 atom stereocenters. The van der Waals surface area contributed by atoms with Gasteiger partial charge in [-0.3, -0.25) is 4.79 Å². The second-order valence-electron chi connectivity index (χ2n) is 8.39. The first kappa shape index (κ1) is 23.1. The van der Waals surface area contributed by atoms with Gasteiger partial charge < -0.3 is 23.5 Å². The molecule has 8 nitrogen and oxygen atoms in total. The Kier molecular flexibility index (Phi) is 7.02. The summed E-state index contributed by atoms with van der Waals surface area (Å²) in [4.78, 5) is 17.2. The van der Waals surface area contributed by atoms with Crippen LogP contribution < -0.4 is 18.9 Å². The van der Waals surface area contributed by atoms with E-state index < -0.39 is 0 Å². The number of ether oxygens (including phenoxy) is 4. The van der Waals surface area contributed by atoms with Crippen molar-refractivity contribution >= 4 is 5.78 Å². The van der Waals surface area contributed by atoms with E-state index in [1.165, 1.54) is 21.3 Å². The van der Waals surface area contributed by atoms with Gasteiger partial charge in [-0.05, 0) is 41.8 Å². The lowest BCUT2D eigenvalue weighted by Gasteiger charge is -2.14. The van der Waals surface area contributed by atoms with E-state index in [4.69, 9.17) is 23.5 Å². The Morgan fingerprint density at radius 2 is 1.66 bits per heavy atom. The molecule has 0 spiro atoms. The molecule has 0 fully saturated rings. The molecule has 0 aliphatic heterocycles. The van der Waals surface area contributed by atoms with E-state index in [-0.39, 0.29) is 17.8 Å². The van der Waals surface area contributed by atoms with E-state index in [1.54, 1.807) is 36.4 Å². The first-order valence-corrected chi connectivity index (χ1v) is 10.1. The summed E-state index contributed by atoms with van der Waals surface area (Å²) in [7, 11) is 4.57. The Morgan fingerprint density at radius 3 is 2.31 bits per heavy atom. The molecule has 1 heterocycles. The van der Waals surface area contributed by atoms with Crippen LogP contribution in [-0.2, 0) is 6.42 Å². The van der Waals surface area contributed by atoms with Crippen molar-refractivity contribution < 1.29 is 28.3 Å². The van der Waals surface area contributed by atoms with E-state index in [2.05, 4.69) is 30.9 Å². The number of methoxy groups -OCH3 is 3. The van der Waals surface area contributed by atoms with Crippen LogP contribution in [0.5, 0.6) is 23.0 Å². The minimum absolute atomic E-state index is 0.0389. The molecular formula is C24H28N2O6. The molecule has 2 aromatic carbocycles. The molecule has 0 unspecified atom stereocenters. The summed E-state index contributed by atoms with van der Waals surface area (Å²) in [6.07, 6.45) is 0.675. The molecule has 1 aromatic heterocycles. The molecule has 0 amide bonds. The van der Waals surface area contributed by atoms with Gasteiger partial charge in [0.2, 0.25) is 17.5 Å². The normalized spacial score (nSPS) is 11.2. The van der Waals surface area contributed by atoms with Crippen LogP contribution in [0.4, 0.5) is 0 Å². The van der Waals surface area contributed by atoms with Crippen molar-refractivity contribution in [2.75, 3.05) is 27.9 Å². The predicted octanol–water partition coefficient (Wildman–Crippen LogP) is 4.61. The fourth-order valence-electron chi connectivity index (χ4n) is 3.08. The van der Waals surface area contributed by atoms with Gasteiger partial charge in [-0.2, -0.15) is 4.98 Å². The number of carbonyl (C=O) groups is 1. The minimum atomic E-state index is -0.253. The highest BCUT2D eigenvalue weighted by molar-refractivity contribution is 6.00. The number of aromatic nitrogens is 2. The Balaban J connectivity index is 1.75. The molecule has 0 N–H and O–H groups in total. The van der Waals surface area contributed by atoms with Crippen LogP contribution in [0.3, 0.4) is 0 Å². The predicted molar refractivity (Wildman–Crippen MR) is 119 cm³/mol. The number of nitrogens with zero attached hydrogens (tertiary/aromatic N) is 2. The maximum atomic E-state index is 12.7. The van der Waals surface area contributed by atoms with E-state index >= 15 is 0 Å². The largest absolute Gasteiger partial charge is 0.497 e. The van der Waals surface area contributed by atoms with Gasteiger partial charge in [-0.15, -0.1) is 0 Å².